The van der Waals surface area contributed by atoms with Crippen LogP contribution in [0.2, 0.25) is 0 Å². The molecule has 94 valence electrons. The third-order valence-corrected chi connectivity index (χ3v) is 3.91. The minimum atomic E-state index is 0.315. The molecule has 1 aliphatic heterocycles. The van der Waals surface area contributed by atoms with Crippen molar-refractivity contribution in [3.63, 3.8) is 0 Å². The van der Waals surface area contributed by atoms with Crippen molar-refractivity contribution in [3.8, 4) is 0 Å². The number of benzene rings is 1. The molecule has 1 atom stereocenters. The average Bonchev–Trinajstić information content (AvgIpc) is 2.55. The Hall–Kier alpha value is -0.860. The van der Waals surface area contributed by atoms with Gasteiger partial charge in [-0.25, -0.2) is 0 Å². The number of likely N-dealkylation sites (tertiary alicyclic amines) is 1. The van der Waals surface area contributed by atoms with Crippen molar-refractivity contribution in [2.24, 2.45) is 11.7 Å². The quantitative estimate of drug-likeness (QED) is 0.864. The molecule has 1 fully saturated rings. The normalized spacial score (nSPS) is 24.1. The van der Waals surface area contributed by atoms with E-state index >= 15 is 0 Å². The van der Waals surface area contributed by atoms with Crippen molar-refractivity contribution >= 4 is 0 Å². The van der Waals surface area contributed by atoms with E-state index in [-0.39, 0.29) is 0 Å². The van der Waals surface area contributed by atoms with Gasteiger partial charge in [-0.15, -0.1) is 0 Å². The summed E-state index contributed by atoms with van der Waals surface area (Å²) in [5.41, 5.74) is 7.40. The Morgan fingerprint density at radius 1 is 1.29 bits per heavy atom. The highest BCUT2D eigenvalue weighted by Crippen LogP contribution is 2.35. The second-order valence-corrected chi connectivity index (χ2v) is 5.83. The van der Waals surface area contributed by atoms with Gasteiger partial charge in [0.2, 0.25) is 0 Å². The number of rotatable bonds is 4. The van der Waals surface area contributed by atoms with Crippen LogP contribution in [0, 0.1) is 5.92 Å². The van der Waals surface area contributed by atoms with Gasteiger partial charge in [0, 0.05) is 18.6 Å². The van der Waals surface area contributed by atoms with Gasteiger partial charge in [0.25, 0.3) is 0 Å². The molecule has 17 heavy (non-hydrogen) atoms. The van der Waals surface area contributed by atoms with Gasteiger partial charge in [0.15, 0.2) is 0 Å². The largest absolute Gasteiger partial charge is 0.330 e. The van der Waals surface area contributed by atoms with Gasteiger partial charge in [-0.05, 0) is 44.7 Å². The Bertz CT molecular complexity index is 345. The molecule has 0 amide bonds. The third kappa shape index (κ3) is 3.08. The molecule has 0 saturated carbocycles. The first-order valence-corrected chi connectivity index (χ1v) is 6.61. The molecule has 1 aliphatic rings. The summed E-state index contributed by atoms with van der Waals surface area (Å²) in [5, 5.41) is 0. The maximum Gasteiger partial charge on any atom is 0.0239 e. The molecular weight excluding hydrogens is 208 g/mol. The molecule has 0 aromatic heterocycles. The highest BCUT2D eigenvalue weighted by Gasteiger charge is 2.37. The standard InChI is InChI=1S/C15H24N2/c1-15(2)10-14(8-9-16)12-17(15)11-13-6-4-3-5-7-13/h3-7,14H,8-12,16H2,1-2H3. The number of hydrogen-bond acceptors (Lipinski definition) is 2. The zero-order valence-electron chi connectivity index (χ0n) is 11.0. The number of nitrogens with two attached hydrogens (primary N) is 1. The predicted octanol–water partition coefficient (Wildman–Crippen LogP) is 2.64. The molecule has 2 heteroatoms. The van der Waals surface area contributed by atoms with E-state index < -0.39 is 0 Å². The van der Waals surface area contributed by atoms with E-state index in [2.05, 4.69) is 49.1 Å². The first kappa shape index (κ1) is 12.6. The Labute approximate surface area is 105 Å². The van der Waals surface area contributed by atoms with Crippen molar-refractivity contribution in [1.29, 1.82) is 0 Å². The summed E-state index contributed by atoms with van der Waals surface area (Å²) in [6, 6.07) is 10.8. The fourth-order valence-corrected chi connectivity index (χ4v) is 2.97. The maximum absolute atomic E-state index is 5.68. The molecule has 1 saturated heterocycles. The van der Waals surface area contributed by atoms with Crippen molar-refractivity contribution in [3.05, 3.63) is 35.9 Å². The van der Waals surface area contributed by atoms with E-state index in [1.54, 1.807) is 0 Å². The minimum Gasteiger partial charge on any atom is -0.330 e. The third-order valence-electron chi connectivity index (χ3n) is 3.91. The molecular formula is C15H24N2. The van der Waals surface area contributed by atoms with Crippen LogP contribution >= 0.6 is 0 Å². The van der Waals surface area contributed by atoms with Crippen LogP contribution < -0.4 is 5.73 Å². The molecule has 2 nitrogen and oxygen atoms in total. The van der Waals surface area contributed by atoms with Crippen LogP contribution in [0.3, 0.4) is 0 Å². The van der Waals surface area contributed by atoms with Gasteiger partial charge < -0.3 is 5.73 Å². The molecule has 0 radical (unpaired) electrons. The van der Waals surface area contributed by atoms with Crippen LogP contribution in [0.15, 0.2) is 30.3 Å². The van der Waals surface area contributed by atoms with E-state index in [4.69, 9.17) is 5.73 Å². The topological polar surface area (TPSA) is 29.3 Å². The van der Waals surface area contributed by atoms with E-state index in [0.717, 1.165) is 25.4 Å². The summed E-state index contributed by atoms with van der Waals surface area (Å²) in [4.78, 5) is 2.60. The fraction of sp³-hybridized carbons (Fsp3) is 0.600. The predicted molar refractivity (Wildman–Crippen MR) is 72.7 cm³/mol. The lowest BCUT2D eigenvalue weighted by Crippen LogP contribution is -2.37. The summed E-state index contributed by atoms with van der Waals surface area (Å²) >= 11 is 0. The van der Waals surface area contributed by atoms with Crippen LogP contribution in [0.1, 0.15) is 32.3 Å². The van der Waals surface area contributed by atoms with Crippen LogP contribution in [0.25, 0.3) is 0 Å². The van der Waals surface area contributed by atoms with Gasteiger partial charge in [-0.1, -0.05) is 30.3 Å². The highest BCUT2D eigenvalue weighted by atomic mass is 15.2. The van der Waals surface area contributed by atoms with Crippen LogP contribution in [-0.4, -0.2) is 23.5 Å². The summed E-state index contributed by atoms with van der Waals surface area (Å²) in [6.07, 6.45) is 2.44. The minimum absolute atomic E-state index is 0.315. The highest BCUT2D eigenvalue weighted by molar-refractivity contribution is 5.15. The zero-order chi connectivity index (χ0) is 12.3. The molecule has 1 unspecified atom stereocenters. The second-order valence-electron chi connectivity index (χ2n) is 5.83. The second kappa shape index (κ2) is 5.19. The first-order valence-electron chi connectivity index (χ1n) is 6.61. The molecule has 0 spiro atoms. The Balaban J connectivity index is 2.01. The van der Waals surface area contributed by atoms with E-state index in [9.17, 15) is 0 Å². The molecule has 1 heterocycles. The lowest BCUT2D eigenvalue weighted by atomic mass is 9.94. The van der Waals surface area contributed by atoms with Crippen LogP contribution in [0.5, 0.6) is 0 Å². The SMILES string of the molecule is CC1(C)CC(CCN)CN1Cc1ccccc1. The lowest BCUT2D eigenvalue weighted by molar-refractivity contribution is 0.166. The Kier molecular flexibility index (Phi) is 3.85. The molecule has 2 N–H and O–H groups in total. The molecule has 0 aliphatic carbocycles. The van der Waals surface area contributed by atoms with Crippen molar-refractivity contribution < 1.29 is 0 Å². The number of hydrogen-bond donors (Lipinski definition) is 1. The Morgan fingerprint density at radius 2 is 2.00 bits per heavy atom. The van der Waals surface area contributed by atoms with E-state index in [1.807, 2.05) is 0 Å². The monoisotopic (exact) mass is 232 g/mol. The lowest BCUT2D eigenvalue weighted by Gasteiger charge is -2.31. The van der Waals surface area contributed by atoms with E-state index in [1.165, 1.54) is 18.5 Å². The zero-order valence-corrected chi connectivity index (χ0v) is 11.0. The summed E-state index contributed by atoms with van der Waals surface area (Å²) in [5.74, 6) is 0.777. The molecule has 2 rings (SSSR count). The maximum atomic E-state index is 5.68. The summed E-state index contributed by atoms with van der Waals surface area (Å²) in [6.45, 7) is 7.78. The average molecular weight is 232 g/mol. The first-order chi connectivity index (χ1) is 8.12. The smallest absolute Gasteiger partial charge is 0.0239 e. The Morgan fingerprint density at radius 3 is 2.65 bits per heavy atom. The van der Waals surface area contributed by atoms with Crippen LogP contribution in [0.4, 0.5) is 0 Å². The summed E-state index contributed by atoms with van der Waals surface area (Å²) in [7, 11) is 0. The number of nitrogens with zero attached hydrogens (tertiary/aromatic N) is 1. The molecule has 0 bridgehead atoms. The van der Waals surface area contributed by atoms with Crippen molar-refractivity contribution in [2.45, 2.75) is 38.8 Å². The van der Waals surface area contributed by atoms with Gasteiger partial charge in [0.1, 0.15) is 0 Å². The van der Waals surface area contributed by atoms with Crippen LogP contribution in [-0.2, 0) is 6.54 Å². The van der Waals surface area contributed by atoms with Gasteiger partial charge in [-0.2, -0.15) is 0 Å². The molecule has 1 aromatic carbocycles. The van der Waals surface area contributed by atoms with Crippen molar-refractivity contribution in [1.82, 2.24) is 4.90 Å². The van der Waals surface area contributed by atoms with Gasteiger partial charge in [0.05, 0.1) is 0 Å². The van der Waals surface area contributed by atoms with Gasteiger partial charge >= 0.3 is 0 Å². The summed E-state index contributed by atoms with van der Waals surface area (Å²) < 4.78 is 0. The van der Waals surface area contributed by atoms with Crippen molar-refractivity contribution in [2.75, 3.05) is 13.1 Å². The molecule has 1 aromatic rings. The van der Waals surface area contributed by atoms with E-state index in [0.29, 0.717) is 5.54 Å². The fourth-order valence-electron chi connectivity index (χ4n) is 2.97. The van der Waals surface area contributed by atoms with Gasteiger partial charge in [-0.3, -0.25) is 4.90 Å².